The average molecular weight is 337 g/mol. The lowest BCUT2D eigenvalue weighted by atomic mass is 10.2. The predicted octanol–water partition coefficient (Wildman–Crippen LogP) is 4.28. The van der Waals surface area contributed by atoms with Gasteiger partial charge in [0.25, 0.3) is 0 Å². The van der Waals surface area contributed by atoms with Crippen molar-refractivity contribution in [2.24, 2.45) is 0 Å². The van der Waals surface area contributed by atoms with Crippen molar-refractivity contribution in [3.63, 3.8) is 0 Å². The maximum Gasteiger partial charge on any atom is 0.475 e. The number of hydrogen-bond acceptors (Lipinski definition) is 4. The second-order valence-corrected chi connectivity index (χ2v) is 5.74. The molecule has 1 aromatic carbocycles. The van der Waals surface area contributed by atoms with Gasteiger partial charge in [-0.2, -0.15) is 0 Å². The normalized spacial score (nSPS) is 11.7. The summed E-state index contributed by atoms with van der Waals surface area (Å²) in [5, 5.41) is 0.810. The Morgan fingerprint density at radius 3 is 1.94 bits per heavy atom. The van der Waals surface area contributed by atoms with Gasteiger partial charge in [0.05, 0.1) is 19.8 Å². The van der Waals surface area contributed by atoms with E-state index >= 15 is 0 Å². The van der Waals surface area contributed by atoms with Crippen LogP contribution < -0.4 is 0 Å². The van der Waals surface area contributed by atoms with Gasteiger partial charge in [0.2, 0.25) is 0 Å². The highest BCUT2D eigenvalue weighted by Gasteiger charge is 2.25. The highest BCUT2D eigenvalue weighted by Crippen LogP contribution is 2.49. The van der Waals surface area contributed by atoms with Gasteiger partial charge in [-0.25, -0.2) is 4.57 Å². The molecule has 6 heteroatoms. The van der Waals surface area contributed by atoms with Gasteiger partial charge >= 0.3 is 7.82 Å². The van der Waals surface area contributed by atoms with Crippen LogP contribution in [0.3, 0.4) is 0 Å². The first-order chi connectivity index (χ1) is 8.63. The number of rotatable bonds is 8. The summed E-state index contributed by atoms with van der Waals surface area (Å²) in [5.41, 5.74) is 2.11. The van der Waals surface area contributed by atoms with Crippen LogP contribution in [0.4, 0.5) is 0 Å². The summed E-state index contributed by atoms with van der Waals surface area (Å²) >= 11 is 3.38. The minimum atomic E-state index is -3.41. The molecule has 1 aromatic rings. The Balaban J connectivity index is 2.58. The zero-order valence-corrected chi connectivity index (χ0v) is 13.1. The summed E-state index contributed by atoms with van der Waals surface area (Å²) in [6.45, 7) is 4.29. The van der Waals surface area contributed by atoms with E-state index in [-0.39, 0.29) is 6.61 Å². The molecule has 0 fully saturated rings. The maximum absolute atomic E-state index is 12.0. The van der Waals surface area contributed by atoms with Crippen molar-refractivity contribution >= 4 is 23.8 Å². The molecule has 0 aliphatic rings. The van der Waals surface area contributed by atoms with E-state index in [2.05, 4.69) is 15.9 Å². The molecule has 0 atom stereocenters. The van der Waals surface area contributed by atoms with Crippen LogP contribution in [0.2, 0.25) is 0 Å². The fraction of sp³-hybridized carbons (Fsp3) is 0.500. The average Bonchev–Trinajstić information content (AvgIpc) is 2.38. The summed E-state index contributed by atoms with van der Waals surface area (Å²) in [6, 6.07) is 7.83. The molecule has 0 heterocycles. The second-order valence-electron chi connectivity index (χ2n) is 3.51. The third-order valence-corrected chi connectivity index (χ3v) is 4.38. The van der Waals surface area contributed by atoms with Crippen LogP contribution in [0.25, 0.3) is 0 Å². The molecule has 0 spiro atoms. The Bertz CT molecular complexity index is 384. The van der Waals surface area contributed by atoms with E-state index in [1.807, 2.05) is 24.3 Å². The summed E-state index contributed by atoms with van der Waals surface area (Å²) in [7, 11) is -3.41. The van der Waals surface area contributed by atoms with Crippen molar-refractivity contribution in [2.75, 3.05) is 13.2 Å². The Hall–Kier alpha value is -0.190. The Morgan fingerprint density at radius 2 is 1.50 bits per heavy atom. The SMILES string of the molecule is CCOP(=O)(OCC)OCc1ccc(CBr)cc1. The van der Waals surface area contributed by atoms with Crippen molar-refractivity contribution in [3.8, 4) is 0 Å². The number of halogens is 1. The lowest BCUT2D eigenvalue weighted by molar-refractivity contribution is 0.116. The van der Waals surface area contributed by atoms with Gasteiger partial charge in [-0.3, -0.25) is 13.6 Å². The van der Waals surface area contributed by atoms with E-state index in [0.29, 0.717) is 13.2 Å². The van der Waals surface area contributed by atoms with Crippen molar-refractivity contribution in [1.29, 1.82) is 0 Å². The van der Waals surface area contributed by atoms with E-state index in [1.54, 1.807) is 13.8 Å². The van der Waals surface area contributed by atoms with E-state index in [0.717, 1.165) is 10.9 Å². The van der Waals surface area contributed by atoms with Crippen molar-refractivity contribution in [3.05, 3.63) is 35.4 Å². The van der Waals surface area contributed by atoms with Gasteiger partial charge < -0.3 is 0 Å². The molecule has 102 valence electrons. The number of benzene rings is 1. The third kappa shape index (κ3) is 5.21. The Kier molecular flexibility index (Phi) is 7.12. The van der Waals surface area contributed by atoms with Crippen LogP contribution in [0, 0.1) is 0 Å². The minimum Gasteiger partial charge on any atom is -0.287 e. The van der Waals surface area contributed by atoms with Gasteiger partial charge in [0.1, 0.15) is 0 Å². The van der Waals surface area contributed by atoms with Crippen LogP contribution in [0.1, 0.15) is 25.0 Å². The molecule has 0 aliphatic carbocycles. The maximum atomic E-state index is 12.0. The molecule has 0 amide bonds. The molecule has 18 heavy (non-hydrogen) atoms. The first kappa shape index (κ1) is 15.9. The monoisotopic (exact) mass is 336 g/mol. The van der Waals surface area contributed by atoms with Crippen LogP contribution in [-0.4, -0.2) is 13.2 Å². The summed E-state index contributed by atoms with van der Waals surface area (Å²) in [5.74, 6) is 0. The molecular formula is C12H18BrO4P. The predicted molar refractivity (Wildman–Crippen MR) is 74.7 cm³/mol. The van der Waals surface area contributed by atoms with Crippen molar-refractivity contribution < 1.29 is 18.1 Å². The lowest BCUT2D eigenvalue weighted by Gasteiger charge is -2.16. The highest BCUT2D eigenvalue weighted by molar-refractivity contribution is 9.08. The van der Waals surface area contributed by atoms with E-state index < -0.39 is 7.82 Å². The van der Waals surface area contributed by atoms with Gasteiger partial charge in [-0.05, 0) is 25.0 Å². The first-order valence-electron chi connectivity index (χ1n) is 5.81. The fourth-order valence-corrected chi connectivity index (χ4v) is 2.84. The summed E-state index contributed by atoms with van der Waals surface area (Å²) in [6.07, 6.45) is 0. The Labute approximate surface area is 116 Å². The zero-order valence-electron chi connectivity index (χ0n) is 10.6. The van der Waals surface area contributed by atoms with E-state index in [4.69, 9.17) is 13.6 Å². The van der Waals surface area contributed by atoms with E-state index in [9.17, 15) is 4.57 Å². The molecule has 0 aromatic heterocycles. The molecule has 1 rings (SSSR count). The fourth-order valence-electron chi connectivity index (χ4n) is 1.31. The van der Waals surface area contributed by atoms with Gasteiger partial charge in [-0.1, -0.05) is 40.2 Å². The van der Waals surface area contributed by atoms with Gasteiger partial charge in [0.15, 0.2) is 0 Å². The number of hydrogen-bond donors (Lipinski definition) is 0. The van der Waals surface area contributed by atoms with Crippen LogP contribution in [0.5, 0.6) is 0 Å². The number of phosphoric acid groups is 1. The van der Waals surface area contributed by atoms with Gasteiger partial charge in [0, 0.05) is 5.33 Å². The smallest absolute Gasteiger partial charge is 0.287 e. The molecule has 0 saturated carbocycles. The second kappa shape index (κ2) is 8.08. The third-order valence-electron chi connectivity index (χ3n) is 2.14. The van der Waals surface area contributed by atoms with Crippen LogP contribution in [-0.2, 0) is 30.1 Å². The molecule has 0 unspecified atom stereocenters. The quantitative estimate of drug-likeness (QED) is 0.525. The number of phosphoric ester groups is 1. The topological polar surface area (TPSA) is 44.8 Å². The molecule has 0 aliphatic heterocycles. The number of alkyl halides is 1. The summed E-state index contributed by atoms with van der Waals surface area (Å²) in [4.78, 5) is 0. The zero-order chi connectivity index (χ0) is 13.4. The minimum absolute atomic E-state index is 0.208. The standard InChI is InChI=1S/C12H18BrO4P/c1-3-15-18(14,16-4-2)17-10-12-7-5-11(9-13)6-8-12/h5-8H,3-4,9-10H2,1-2H3. The molecule has 0 radical (unpaired) electrons. The van der Waals surface area contributed by atoms with Crippen LogP contribution >= 0.6 is 23.8 Å². The first-order valence-corrected chi connectivity index (χ1v) is 8.39. The summed E-state index contributed by atoms with van der Waals surface area (Å²) < 4.78 is 27.4. The lowest BCUT2D eigenvalue weighted by Crippen LogP contribution is -2.00. The van der Waals surface area contributed by atoms with Gasteiger partial charge in [-0.15, -0.1) is 0 Å². The van der Waals surface area contributed by atoms with Crippen molar-refractivity contribution in [1.82, 2.24) is 0 Å². The molecule has 0 saturated heterocycles. The molecule has 0 bridgehead atoms. The molecule has 0 N–H and O–H groups in total. The Morgan fingerprint density at radius 1 is 1.00 bits per heavy atom. The highest BCUT2D eigenvalue weighted by atomic mass is 79.9. The van der Waals surface area contributed by atoms with E-state index in [1.165, 1.54) is 5.56 Å². The molecular weight excluding hydrogens is 319 g/mol. The largest absolute Gasteiger partial charge is 0.475 e. The molecule has 4 nitrogen and oxygen atoms in total. The van der Waals surface area contributed by atoms with Crippen LogP contribution in [0.15, 0.2) is 24.3 Å². The van der Waals surface area contributed by atoms with Crippen molar-refractivity contribution in [2.45, 2.75) is 25.8 Å².